The first-order chi connectivity index (χ1) is 7.86. The number of hydrogen-bond acceptors (Lipinski definition) is 3. The molecule has 86 valence electrons. The lowest BCUT2D eigenvalue weighted by molar-refractivity contribution is 0.271. The van der Waals surface area contributed by atoms with E-state index in [1.165, 1.54) is 0 Å². The van der Waals surface area contributed by atoms with Crippen LogP contribution in [0.25, 0.3) is 0 Å². The first-order valence-corrected chi connectivity index (χ1v) is 5.86. The van der Waals surface area contributed by atoms with E-state index in [4.69, 9.17) is 5.26 Å². The number of nitriles is 1. The van der Waals surface area contributed by atoms with Gasteiger partial charge in [-0.05, 0) is 38.1 Å². The van der Waals surface area contributed by atoms with Crippen molar-refractivity contribution in [2.75, 3.05) is 13.1 Å². The fraction of sp³-hybridized carbons (Fsp3) is 0.538. The number of hydrogen-bond donors (Lipinski definition) is 0. The maximum absolute atomic E-state index is 8.45. The van der Waals surface area contributed by atoms with Gasteiger partial charge in [0.05, 0.1) is 11.8 Å². The molecule has 0 atom stereocenters. The zero-order chi connectivity index (χ0) is 11.6. The van der Waals surface area contributed by atoms with E-state index in [0.717, 1.165) is 38.2 Å². The predicted octanol–water partition coefficient (Wildman–Crippen LogP) is 2.60. The van der Waals surface area contributed by atoms with Crippen molar-refractivity contribution < 1.29 is 0 Å². The summed E-state index contributed by atoms with van der Waals surface area (Å²) >= 11 is 0. The van der Waals surface area contributed by atoms with Crippen molar-refractivity contribution in [3.8, 4) is 6.07 Å². The van der Waals surface area contributed by atoms with Crippen LogP contribution in [0.4, 0.5) is 0 Å². The Morgan fingerprint density at radius 2 is 2.25 bits per heavy atom. The third-order valence-electron chi connectivity index (χ3n) is 2.57. The summed E-state index contributed by atoms with van der Waals surface area (Å²) in [5.41, 5.74) is 1.12. The summed E-state index contributed by atoms with van der Waals surface area (Å²) in [7, 11) is 0. The van der Waals surface area contributed by atoms with Gasteiger partial charge in [-0.3, -0.25) is 9.88 Å². The van der Waals surface area contributed by atoms with E-state index < -0.39 is 0 Å². The second-order valence-electron chi connectivity index (χ2n) is 3.81. The highest BCUT2D eigenvalue weighted by Crippen LogP contribution is 2.03. The number of aromatic nitrogens is 1. The number of rotatable bonds is 7. The Hall–Kier alpha value is -1.40. The van der Waals surface area contributed by atoms with Gasteiger partial charge in [-0.1, -0.05) is 13.0 Å². The molecule has 0 amide bonds. The van der Waals surface area contributed by atoms with E-state index >= 15 is 0 Å². The van der Waals surface area contributed by atoms with Crippen LogP contribution in [0.15, 0.2) is 24.4 Å². The monoisotopic (exact) mass is 217 g/mol. The third kappa shape index (κ3) is 4.90. The molecule has 0 aliphatic carbocycles. The van der Waals surface area contributed by atoms with Crippen molar-refractivity contribution in [3.05, 3.63) is 30.1 Å². The van der Waals surface area contributed by atoms with E-state index in [1.807, 2.05) is 18.3 Å². The molecule has 0 bridgehead atoms. The summed E-state index contributed by atoms with van der Waals surface area (Å²) in [5, 5.41) is 8.45. The zero-order valence-electron chi connectivity index (χ0n) is 9.89. The van der Waals surface area contributed by atoms with Crippen LogP contribution in [-0.4, -0.2) is 23.0 Å². The van der Waals surface area contributed by atoms with E-state index in [2.05, 4.69) is 28.9 Å². The molecule has 0 unspecified atom stereocenters. The average molecular weight is 217 g/mol. The highest BCUT2D eigenvalue weighted by molar-refractivity contribution is 5.03. The molecule has 16 heavy (non-hydrogen) atoms. The first kappa shape index (κ1) is 12.7. The van der Waals surface area contributed by atoms with Gasteiger partial charge in [-0.25, -0.2) is 0 Å². The normalized spacial score (nSPS) is 10.3. The maximum atomic E-state index is 8.45. The molecule has 3 nitrogen and oxygen atoms in total. The number of unbranched alkanes of at least 4 members (excludes halogenated alkanes) is 2. The SMILES string of the molecule is CCN(CCCCC#N)Cc1ccccn1. The third-order valence-corrected chi connectivity index (χ3v) is 2.57. The lowest BCUT2D eigenvalue weighted by Gasteiger charge is -2.19. The van der Waals surface area contributed by atoms with Crippen LogP contribution < -0.4 is 0 Å². The summed E-state index contributed by atoms with van der Waals surface area (Å²) < 4.78 is 0. The zero-order valence-corrected chi connectivity index (χ0v) is 9.89. The molecule has 0 saturated carbocycles. The summed E-state index contributed by atoms with van der Waals surface area (Å²) in [5.74, 6) is 0. The second kappa shape index (κ2) is 7.84. The largest absolute Gasteiger partial charge is 0.298 e. The molecular weight excluding hydrogens is 198 g/mol. The molecule has 1 heterocycles. The van der Waals surface area contributed by atoms with Gasteiger partial charge < -0.3 is 0 Å². The molecule has 1 aromatic heterocycles. The van der Waals surface area contributed by atoms with E-state index in [0.29, 0.717) is 6.42 Å². The van der Waals surface area contributed by atoms with E-state index in [9.17, 15) is 0 Å². The average Bonchev–Trinajstić information content (AvgIpc) is 2.34. The first-order valence-electron chi connectivity index (χ1n) is 5.86. The van der Waals surface area contributed by atoms with Gasteiger partial charge in [0.15, 0.2) is 0 Å². The molecule has 0 aromatic carbocycles. The van der Waals surface area contributed by atoms with Crippen molar-refractivity contribution in [1.29, 1.82) is 5.26 Å². The quantitative estimate of drug-likeness (QED) is 0.659. The summed E-state index contributed by atoms with van der Waals surface area (Å²) in [6, 6.07) is 8.19. The molecule has 1 aromatic rings. The minimum absolute atomic E-state index is 0.668. The Balaban J connectivity index is 2.30. The minimum atomic E-state index is 0.668. The second-order valence-corrected chi connectivity index (χ2v) is 3.81. The van der Waals surface area contributed by atoms with Crippen molar-refractivity contribution in [2.24, 2.45) is 0 Å². The molecule has 0 aliphatic rings. The van der Waals surface area contributed by atoms with Gasteiger partial charge in [0, 0.05) is 19.2 Å². The van der Waals surface area contributed by atoms with Crippen LogP contribution in [-0.2, 0) is 6.54 Å². The summed E-state index contributed by atoms with van der Waals surface area (Å²) in [6.45, 7) is 5.15. The Morgan fingerprint density at radius 3 is 2.88 bits per heavy atom. The highest BCUT2D eigenvalue weighted by Gasteiger charge is 2.03. The minimum Gasteiger partial charge on any atom is -0.298 e. The van der Waals surface area contributed by atoms with E-state index in [1.54, 1.807) is 0 Å². The lowest BCUT2D eigenvalue weighted by atomic mass is 10.2. The Labute approximate surface area is 97.7 Å². The van der Waals surface area contributed by atoms with Crippen LogP contribution in [0.1, 0.15) is 31.9 Å². The fourth-order valence-corrected chi connectivity index (χ4v) is 1.61. The summed E-state index contributed by atoms with van der Waals surface area (Å²) in [4.78, 5) is 6.68. The molecule has 0 radical (unpaired) electrons. The van der Waals surface area contributed by atoms with Crippen molar-refractivity contribution in [2.45, 2.75) is 32.7 Å². The van der Waals surface area contributed by atoms with Gasteiger partial charge in [0.25, 0.3) is 0 Å². The number of pyridine rings is 1. The van der Waals surface area contributed by atoms with Crippen molar-refractivity contribution in [1.82, 2.24) is 9.88 Å². The van der Waals surface area contributed by atoms with Gasteiger partial charge in [0.1, 0.15) is 0 Å². The van der Waals surface area contributed by atoms with Crippen LogP contribution in [0.3, 0.4) is 0 Å². The predicted molar refractivity (Wildman–Crippen MR) is 64.7 cm³/mol. The van der Waals surface area contributed by atoms with Crippen LogP contribution in [0.2, 0.25) is 0 Å². The van der Waals surface area contributed by atoms with Gasteiger partial charge in [-0.2, -0.15) is 5.26 Å². The molecule has 0 N–H and O–H groups in total. The molecular formula is C13H19N3. The van der Waals surface area contributed by atoms with Crippen LogP contribution >= 0.6 is 0 Å². The van der Waals surface area contributed by atoms with Crippen molar-refractivity contribution >= 4 is 0 Å². The van der Waals surface area contributed by atoms with Crippen LogP contribution in [0, 0.1) is 11.3 Å². The molecule has 0 aliphatic heterocycles. The van der Waals surface area contributed by atoms with Crippen molar-refractivity contribution in [3.63, 3.8) is 0 Å². The lowest BCUT2D eigenvalue weighted by Crippen LogP contribution is -2.24. The summed E-state index contributed by atoms with van der Waals surface area (Å²) in [6.07, 6.45) is 4.59. The van der Waals surface area contributed by atoms with Gasteiger partial charge in [-0.15, -0.1) is 0 Å². The van der Waals surface area contributed by atoms with Gasteiger partial charge in [0.2, 0.25) is 0 Å². The Morgan fingerprint density at radius 1 is 1.38 bits per heavy atom. The molecule has 0 fully saturated rings. The Kier molecular flexibility index (Phi) is 6.20. The standard InChI is InChI=1S/C13H19N3/c1-2-16(11-7-3-5-9-14)12-13-8-4-6-10-15-13/h4,6,8,10H,2-3,5,7,11-12H2,1H3. The molecule has 0 spiro atoms. The highest BCUT2D eigenvalue weighted by atomic mass is 15.1. The Bertz CT molecular complexity index is 316. The maximum Gasteiger partial charge on any atom is 0.0621 e. The van der Waals surface area contributed by atoms with Crippen LogP contribution in [0.5, 0.6) is 0 Å². The number of nitrogens with zero attached hydrogens (tertiary/aromatic N) is 3. The molecule has 3 heteroatoms. The smallest absolute Gasteiger partial charge is 0.0621 e. The molecule has 0 saturated heterocycles. The van der Waals surface area contributed by atoms with Gasteiger partial charge >= 0.3 is 0 Å². The molecule has 1 rings (SSSR count). The van der Waals surface area contributed by atoms with E-state index in [-0.39, 0.29) is 0 Å². The fourth-order valence-electron chi connectivity index (χ4n) is 1.61. The topological polar surface area (TPSA) is 39.9 Å².